The summed E-state index contributed by atoms with van der Waals surface area (Å²) >= 11 is 0. The molecule has 2 heteroatoms. The van der Waals surface area contributed by atoms with Gasteiger partial charge in [-0.15, -0.1) is 0 Å². The maximum Gasteiger partial charge on any atom is 0.224 e. The molecule has 0 amide bonds. The van der Waals surface area contributed by atoms with Gasteiger partial charge in [0, 0.05) is 16.8 Å². The first-order valence-electron chi connectivity index (χ1n) is 15.6. The lowest BCUT2D eigenvalue weighted by Gasteiger charge is -2.24. The molecule has 0 saturated heterocycles. The molecule has 1 saturated carbocycles. The predicted octanol–water partition coefficient (Wildman–Crippen LogP) is 9.91. The van der Waals surface area contributed by atoms with Gasteiger partial charge in [-0.3, -0.25) is 0 Å². The predicted molar refractivity (Wildman–Crippen MR) is 176 cm³/mol. The van der Waals surface area contributed by atoms with Crippen molar-refractivity contribution in [3.63, 3.8) is 0 Å². The zero-order valence-electron chi connectivity index (χ0n) is 25.5. The zero-order valence-corrected chi connectivity index (χ0v) is 25.5. The van der Waals surface area contributed by atoms with Gasteiger partial charge in [0.15, 0.2) is 6.20 Å². The number of aryl methyl sites for hydroxylation is 3. The highest BCUT2D eigenvalue weighted by atomic mass is 15.0. The summed E-state index contributed by atoms with van der Waals surface area (Å²) in [6, 6.07) is 21.5. The molecule has 0 unspecified atom stereocenters. The van der Waals surface area contributed by atoms with Crippen LogP contribution in [0.4, 0.5) is 0 Å². The van der Waals surface area contributed by atoms with Gasteiger partial charge in [-0.1, -0.05) is 94.5 Å². The minimum atomic E-state index is 0.154. The Morgan fingerprint density at radius 1 is 0.805 bits per heavy atom. The first-order valence-corrected chi connectivity index (χ1v) is 15.6. The lowest BCUT2D eigenvalue weighted by atomic mass is 9.83. The molecule has 0 bridgehead atoms. The molecule has 0 aliphatic heterocycles. The van der Waals surface area contributed by atoms with E-state index in [0.29, 0.717) is 0 Å². The monoisotopic (exact) mass is 537 g/mol. The van der Waals surface area contributed by atoms with E-state index in [4.69, 9.17) is 0 Å². The van der Waals surface area contributed by atoms with E-state index in [2.05, 4.69) is 111 Å². The second-order valence-electron chi connectivity index (χ2n) is 14.4. The lowest BCUT2D eigenvalue weighted by Crippen LogP contribution is -2.29. The molecule has 0 N–H and O–H groups in total. The van der Waals surface area contributed by atoms with E-state index < -0.39 is 0 Å². The Hall–Kier alpha value is -3.65. The first kappa shape index (κ1) is 25.1. The van der Waals surface area contributed by atoms with Crippen LogP contribution in [0.3, 0.4) is 0 Å². The molecule has 1 aliphatic rings. The van der Waals surface area contributed by atoms with Gasteiger partial charge in [0.1, 0.15) is 7.05 Å². The third kappa shape index (κ3) is 3.65. The van der Waals surface area contributed by atoms with E-state index in [1.54, 1.807) is 0 Å². The Kier molecular flexibility index (Phi) is 5.31. The van der Waals surface area contributed by atoms with Crippen LogP contribution in [0.15, 0.2) is 60.8 Å². The normalized spacial score (nSPS) is 15.3. The molecule has 2 nitrogen and oxygen atoms in total. The summed E-state index contributed by atoms with van der Waals surface area (Å²) in [6.07, 6.45) is 10.1. The second-order valence-corrected chi connectivity index (χ2v) is 14.4. The van der Waals surface area contributed by atoms with Crippen LogP contribution in [0.5, 0.6) is 0 Å². The van der Waals surface area contributed by atoms with Crippen LogP contribution in [-0.2, 0) is 19.9 Å². The van der Waals surface area contributed by atoms with Crippen molar-refractivity contribution in [3.05, 3.63) is 83.0 Å². The summed E-state index contributed by atoms with van der Waals surface area (Å²) in [5, 5.41) is 9.70. The molecule has 0 atom stereocenters. The van der Waals surface area contributed by atoms with E-state index in [9.17, 15) is 0 Å². The third-order valence-corrected chi connectivity index (χ3v) is 10.1. The molecular weight excluding hydrogens is 496 g/mol. The van der Waals surface area contributed by atoms with Crippen LogP contribution in [0.25, 0.3) is 59.8 Å². The van der Waals surface area contributed by atoms with Gasteiger partial charge in [0.2, 0.25) is 5.52 Å². The molecule has 3 aromatic heterocycles. The van der Waals surface area contributed by atoms with Crippen molar-refractivity contribution >= 4 is 59.8 Å². The molecule has 206 valence electrons. The summed E-state index contributed by atoms with van der Waals surface area (Å²) in [7, 11) is 2.23. The van der Waals surface area contributed by atoms with Crippen LogP contribution >= 0.6 is 0 Å². The highest BCUT2D eigenvalue weighted by Crippen LogP contribution is 2.45. The van der Waals surface area contributed by atoms with Gasteiger partial charge in [-0.05, 0) is 76.9 Å². The van der Waals surface area contributed by atoms with Crippen molar-refractivity contribution in [2.24, 2.45) is 18.4 Å². The number of aromatic nitrogens is 2. The molecular formula is C39H41N2+. The summed E-state index contributed by atoms with van der Waals surface area (Å²) in [5.41, 5.74) is 11.4. The smallest absolute Gasteiger partial charge is 0.224 e. The number of benzene rings is 4. The van der Waals surface area contributed by atoms with Crippen LogP contribution in [-0.4, -0.2) is 4.40 Å². The molecule has 41 heavy (non-hydrogen) atoms. The van der Waals surface area contributed by atoms with Crippen LogP contribution in [0.1, 0.15) is 68.7 Å². The van der Waals surface area contributed by atoms with Crippen molar-refractivity contribution in [1.29, 1.82) is 0 Å². The van der Waals surface area contributed by atoms with E-state index >= 15 is 0 Å². The Morgan fingerprint density at radius 3 is 2.34 bits per heavy atom. The Morgan fingerprint density at radius 2 is 1.56 bits per heavy atom. The van der Waals surface area contributed by atoms with Gasteiger partial charge < -0.3 is 4.40 Å². The summed E-state index contributed by atoms with van der Waals surface area (Å²) < 4.78 is 5.07. The molecule has 4 aromatic carbocycles. The van der Waals surface area contributed by atoms with E-state index in [1.807, 2.05) is 0 Å². The number of fused-ring (bicyclic) bond motifs is 7. The highest BCUT2D eigenvalue weighted by Gasteiger charge is 2.28. The van der Waals surface area contributed by atoms with Crippen LogP contribution in [0, 0.1) is 25.2 Å². The molecule has 1 aliphatic carbocycles. The average Bonchev–Trinajstić information content (AvgIpc) is 3.56. The van der Waals surface area contributed by atoms with Gasteiger partial charge in [-0.25, -0.2) is 4.57 Å². The van der Waals surface area contributed by atoms with Crippen LogP contribution < -0.4 is 4.57 Å². The molecule has 7 aromatic rings. The second kappa shape index (κ2) is 8.68. The molecule has 8 rings (SSSR count). The minimum absolute atomic E-state index is 0.154. The Bertz CT molecular complexity index is 2160. The molecule has 1 fully saturated rings. The fraction of sp³-hybridized carbons (Fsp3) is 0.359. The largest absolute Gasteiger partial charge is 0.307 e. The lowest BCUT2D eigenvalue weighted by molar-refractivity contribution is -0.643. The molecule has 0 radical (unpaired) electrons. The van der Waals surface area contributed by atoms with Gasteiger partial charge in [0.25, 0.3) is 0 Å². The van der Waals surface area contributed by atoms with Crippen molar-refractivity contribution in [1.82, 2.24) is 4.40 Å². The first-order chi connectivity index (χ1) is 19.7. The SMILES string of the molecule is Cc1ccc2c(CC(C)(C)C)c3c(c(C)c2c1)c1c2c(ccc4c5ccc(CC6CCCC6)cc5n3c42)cc[n+]1C. The third-order valence-electron chi connectivity index (χ3n) is 10.1. The average molecular weight is 538 g/mol. The summed E-state index contributed by atoms with van der Waals surface area (Å²) in [5.74, 6) is 0.836. The van der Waals surface area contributed by atoms with Crippen molar-refractivity contribution in [3.8, 4) is 0 Å². The number of nitrogens with zero attached hydrogens (tertiary/aromatic N) is 2. The number of rotatable bonds is 3. The van der Waals surface area contributed by atoms with Gasteiger partial charge in [0.05, 0.1) is 27.3 Å². The topological polar surface area (TPSA) is 8.29 Å². The summed E-state index contributed by atoms with van der Waals surface area (Å²) in [6.45, 7) is 11.8. The maximum absolute atomic E-state index is 2.70. The summed E-state index contributed by atoms with van der Waals surface area (Å²) in [4.78, 5) is 0. The van der Waals surface area contributed by atoms with Crippen LogP contribution in [0.2, 0.25) is 0 Å². The number of hydrogen-bond acceptors (Lipinski definition) is 0. The zero-order chi connectivity index (χ0) is 28.2. The van der Waals surface area contributed by atoms with E-state index in [1.165, 1.54) is 114 Å². The van der Waals surface area contributed by atoms with Crippen molar-refractivity contribution < 1.29 is 4.57 Å². The quantitative estimate of drug-likeness (QED) is 0.120. The maximum atomic E-state index is 2.70. The fourth-order valence-electron chi connectivity index (χ4n) is 8.27. The highest BCUT2D eigenvalue weighted by molar-refractivity contribution is 6.29. The van der Waals surface area contributed by atoms with Gasteiger partial charge in [-0.2, -0.15) is 0 Å². The van der Waals surface area contributed by atoms with E-state index in [-0.39, 0.29) is 5.41 Å². The van der Waals surface area contributed by atoms with Crippen molar-refractivity contribution in [2.45, 2.75) is 73.1 Å². The minimum Gasteiger partial charge on any atom is -0.307 e. The standard InChI is InChI=1S/C39H41N2/c1-23-11-14-28-31(19-23)24(2)34-37(32(28)22-39(3,4)5)41-33-21-26(20-25-9-7-8-10-25)12-15-29(33)30-16-13-27-17-18-40(6)38(34)35(27)36(30)41/h11-19,21,25H,7-10,20,22H2,1-6H3/q+1. The molecule has 0 spiro atoms. The Labute approximate surface area is 242 Å². The number of pyridine rings is 2. The Balaban J connectivity index is 1.65. The fourth-order valence-corrected chi connectivity index (χ4v) is 8.27. The molecule has 3 heterocycles. The van der Waals surface area contributed by atoms with Crippen molar-refractivity contribution in [2.75, 3.05) is 0 Å². The number of hydrogen-bond donors (Lipinski definition) is 0. The van der Waals surface area contributed by atoms with E-state index in [0.717, 1.165) is 12.3 Å². The van der Waals surface area contributed by atoms with Gasteiger partial charge >= 0.3 is 0 Å².